The maximum atomic E-state index is 13.2. The number of imidazole rings is 1. The summed E-state index contributed by atoms with van der Waals surface area (Å²) in [5, 5.41) is 16.3. The molecule has 2 bridgehead atoms. The molecule has 3 aliphatic rings. The first-order chi connectivity index (χ1) is 26.7. The van der Waals surface area contributed by atoms with Crippen molar-refractivity contribution in [1.29, 1.82) is 0 Å². The molecule has 4 aromatic rings. The molecule has 7 rings (SSSR count). The molecule has 4 N–H and O–H groups in total. The Kier molecular flexibility index (Phi) is 11.2. The van der Waals surface area contributed by atoms with Crippen molar-refractivity contribution in [2.24, 2.45) is 23.0 Å². The number of nitrogens with one attached hydrogen (secondary N) is 1. The molecule has 3 fully saturated rings. The van der Waals surface area contributed by atoms with Gasteiger partial charge >= 0.3 is 5.69 Å². The molecule has 1 unspecified atom stereocenters. The van der Waals surface area contributed by atoms with E-state index in [2.05, 4.69) is 25.2 Å². The van der Waals surface area contributed by atoms with Crippen LogP contribution in [-0.2, 0) is 29.6 Å². The number of nitrogens with zero attached hydrogens (tertiary/aromatic N) is 7. The molecule has 2 aromatic carbocycles. The highest BCUT2D eigenvalue weighted by Gasteiger charge is 2.42. The Bertz CT molecular complexity index is 2240. The fraction of sp³-hybridized carbons (Fsp3) is 0.390. The second-order valence-corrected chi connectivity index (χ2v) is 14.5. The number of nitrogens with two attached hydrogens (primary N) is 1. The molecule has 3 aliphatic heterocycles. The SMILES string of the molecule is Cn1c(=O)n(C2CCC(=O)NC2=O)c2cccc(CCCCCC/C(C=NCc3cccc(N4C[C@H]5C[C@@H]4CN5/C=C/C(=O)c4ccccc4O)n3)=N/N)c21. The Hall–Kier alpha value is -6.05. The van der Waals surface area contributed by atoms with Gasteiger partial charge in [0.15, 0.2) is 5.78 Å². The predicted octanol–water partition coefficient (Wildman–Crippen LogP) is 4.16. The third-order valence-electron chi connectivity index (χ3n) is 11.0. The Balaban J connectivity index is 0.851. The number of hydrogen-bond donors (Lipinski definition) is 3. The quantitative estimate of drug-likeness (QED) is 0.0306. The maximum absolute atomic E-state index is 13.2. The molecule has 2 amide bonds. The van der Waals surface area contributed by atoms with Crippen LogP contribution in [0.2, 0.25) is 0 Å². The van der Waals surface area contributed by atoms with Gasteiger partial charge in [-0.1, -0.05) is 43.2 Å². The molecule has 5 heterocycles. The minimum absolute atomic E-state index is 0.0121. The molecular weight excluding hydrogens is 699 g/mol. The number of unbranched alkanes of at least 4 members (excludes halogenated alkanes) is 3. The number of aromatic hydroxyl groups is 1. The number of phenols is 1. The van der Waals surface area contributed by atoms with Crippen molar-refractivity contribution >= 4 is 46.4 Å². The van der Waals surface area contributed by atoms with Gasteiger partial charge in [0.05, 0.1) is 34.5 Å². The highest BCUT2D eigenvalue weighted by Crippen LogP contribution is 2.34. The number of likely N-dealkylation sites (tertiary alicyclic amines) is 1. The van der Waals surface area contributed by atoms with Gasteiger partial charge in [0.1, 0.15) is 17.6 Å². The first-order valence-electron chi connectivity index (χ1n) is 19.0. The van der Waals surface area contributed by atoms with Gasteiger partial charge < -0.3 is 20.7 Å². The molecule has 0 saturated carbocycles. The number of fused-ring (bicyclic) bond motifs is 3. The number of hydrogen-bond acceptors (Lipinski definition) is 11. The lowest BCUT2D eigenvalue weighted by Gasteiger charge is -2.34. The molecule has 3 atom stereocenters. The standard InChI is InChI=1S/C41H47N9O5/c1-47-39-27(11-8-15-33(39)50(41(47)55)34-18-19-38(53)45-40(34)54)10-4-2-3-5-12-29(46-42)24-43-23-28-13-9-17-37(44-28)49-26-30-22-31(49)25-48(30)21-20-36(52)32-14-6-7-16-35(32)51/h6-9,11,13-17,20-21,24,30-31,34,51H,2-5,10,12,18-19,22-23,25-26,42H2,1H3,(H,45,53,54)/b21-20+,43-24?,46-29-/t30-,31-,34?/m1/s1. The monoisotopic (exact) mass is 745 g/mol. The van der Waals surface area contributed by atoms with Gasteiger partial charge in [-0.2, -0.15) is 5.10 Å². The largest absolute Gasteiger partial charge is 0.507 e. The average Bonchev–Trinajstić information content (AvgIpc) is 3.86. The summed E-state index contributed by atoms with van der Waals surface area (Å²) >= 11 is 0. The lowest BCUT2D eigenvalue weighted by molar-refractivity contribution is -0.135. The van der Waals surface area contributed by atoms with Crippen molar-refractivity contribution in [2.75, 3.05) is 18.0 Å². The van der Waals surface area contributed by atoms with E-state index in [1.165, 1.54) is 10.6 Å². The van der Waals surface area contributed by atoms with Crippen LogP contribution in [0.25, 0.3) is 11.0 Å². The third kappa shape index (κ3) is 8.08. The van der Waals surface area contributed by atoms with E-state index in [9.17, 15) is 24.3 Å². The number of aryl methyl sites for hydroxylation is 2. The van der Waals surface area contributed by atoms with Crippen LogP contribution >= 0.6 is 0 Å². The second kappa shape index (κ2) is 16.5. The fourth-order valence-corrected chi connectivity index (χ4v) is 8.14. The average molecular weight is 746 g/mol. The number of hydrazone groups is 1. The van der Waals surface area contributed by atoms with Crippen LogP contribution in [-0.4, -0.2) is 78.8 Å². The van der Waals surface area contributed by atoms with E-state index in [1.807, 2.05) is 42.6 Å². The summed E-state index contributed by atoms with van der Waals surface area (Å²) in [7, 11) is 1.73. The van der Waals surface area contributed by atoms with E-state index in [0.29, 0.717) is 36.5 Å². The Morgan fingerprint density at radius 1 is 1.00 bits per heavy atom. The van der Waals surface area contributed by atoms with Crippen LogP contribution in [0.3, 0.4) is 0 Å². The number of aromatic nitrogens is 3. The molecule has 55 heavy (non-hydrogen) atoms. The Morgan fingerprint density at radius 3 is 2.60 bits per heavy atom. The third-order valence-corrected chi connectivity index (χ3v) is 11.0. The first kappa shape index (κ1) is 37.3. The lowest BCUT2D eigenvalue weighted by atomic mass is 10.0. The number of amides is 2. The zero-order chi connectivity index (χ0) is 38.5. The van der Waals surface area contributed by atoms with Crippen LogP contribution in [0, 0.1) is 0 Å². The van der Waals surface area contributed by atoms with E-state index >= 15 is 0 Å². The van der Waals surface area contributed by atoms with Crippen molar-refractivity contribution < 1.29 is 19.5 Å². The number of carbonyl (C=O) groups excluding carboxylic acids is 3. The summed E-state index contributed by atoms with van der Waals surface area (Å²) in [5.74, 6) is 5.67. The van der Waals surface area contributed by atoms with Gasteiger partial charge in [0.25, 0.3) is 0 Å². The number of aliphatic imine (C=N–C) groups is 1. The van der Waals surface area contributed by atoms with E-state index < -0.39 is 11.9 Å². The number of phenolic OH excluding ortho intramolecular Hbond substituents is 1. The first-order valence-corrected chi connectivity index (χ1v) is 19.0. The van der Waals surface area contributed by atoms with Crippen LogP contribution < -0.4 is 21.7 Å². The van der Waals surface area contributed by atoms with Gasteiger partial charge in [-0.3, -0.25) is 33.8 Å². The number of imide groups is 1. The fourth-order valence-electron chi connectivity index (χ4n) is 8.14. The Morgan fingerprint density at radius 2 is 1.82 bits per heavy atom. The summed E-state index contributed by atoms with van der Waals surface area (Å²) in [6.45, 7) is 2.03. The number of rotatable bonds is 15. The van der Waals surface area contributed by atoms with Crippen molar-refractivity contribution in [1.82, 2.24) is 24.3 Å². The molecule has 0 aliphatic carbocycles. The molecule has 14 heteroatoms. The number of pyridine rings is 1. The minimum Gasteiger partial charge on any atom is -0.507 e. The topological polar surface area (TPSA) is 181 Å². The second-order valence-electron chi connectivity index (χ2n) is 14.5. The normalized spacial score (nSPS) is 20.1. The minimum atomic E-state index is -0.696. The number of allylic oxidation sites excluding steroid dienone is 1. The Labute approximate surface area is 319 Å². The maximum Gasteiger partial charge on any atom is 0.329 e. The van der Waals surface area contributed by atoms with Crippen molar-refractivity contribution in [3.05, 3.63) is 100 Å². The highest BCUT2D eigenvalue weighted by atomic mass is 16.3. The summed E-state index contributed by atoms with van der Waals surface area (Å²) in [5.41, 5.74) is 4.24. The molecule has 0 spiro atoms. The number of benzene rings is 2. The van der Waals surface area contributed by atoms with Crippen LogP contribution in [0.15, 0.2) is 87.8 Å². The van der Waals surface area contributed by atoms with Crippen LogP contribution in [0.1, 0.15) is 79.0 Å². The van der Waals surface area contributed by atoms with Gasteiger partial charge in [0.2, 0.25) is 11.8 Å². The number of piperazine rings is 1. The van der Waals surface area contributed by atoms with Gasteiger partial charge in [0, 0.05) is 57.1 Å². The number of para-hydroxylation sites is 2. The molecular formula is C41H47N9O5. The van der Waals surface area contributed by atoms with E-state index in [4.69, 9.17) is 10.8 Å². The van der Waals surface area contributed by atoms with Crippen molar-refractivity contribution in [3.63, 3.8) is 0 Å². The van der Waals surface area contributed by atoms with E-state index in [-0.39, 0.29) is 35.6 Å². The summed E-state index contributed by atoms with van der Waals surface area (Å²) in [6, 6.07) is 18.3. The summed E-state index contributed by atoms with van der Waals surface area (Å²) in [6.07, 6.45) is 12.0. The van der Waals surface area contributed by atoms with Gasteiger partial charge in [-0.05, 0) is 74.4 Å². The van der Waals surface area contributed by atoms with Gasteiger partial charge in [-0.25, -0.2) is 9.78 Å². The number of anilines is 1. The van der Waals surface area contributed by atoms with E-state index in [0.717, 1.165) is 79.9 Å². The lowest BCUT2D eigenvalue weighted by Crippen LogP contribution is -2.44. The molecule has 14 nitrogen and oxygen atoms in total. The molecule has 286 valence electrons. The highest BCUT2D eigenvalue weighted by molar-refractivity contribution is 6.30. The summed E-state index contributed by atoms with van der Waals surface area (Å²) in [4.78, 5) is 64.1. The smallest absolute Gasteiger partial charge is 0.329 e. The molecule has 3 saturated heterocycles. The zero-order valence-corrected chi connectivity index (χ0v) is 31.0. The molecule has 0 radical (unpaired) electrons. The van der Waals surface area contributed by atoms with Crippen molar-refractivity contribution in [3.8, 4) is 5.75 Å². The number of piperidine rings is 1. The number of ketones is 1. The van der Waals surface area contributed by atoms with Gasteiger partial charge in [-0.15, -0.1) is 0 Å². The summed E-state index contributed by atoms with van der Waals surface area (Å²) < 4.78 is 3.14. The zero-order valence-electron chi connectivity index (χ0n) is 31.0. The number of carbonyl (C=O) groups is 3. The van der Waals surface area contributed by atoms with Crippen LogP contribution in [0.4, 0.5) is 5.82 Å². The van der Waals surface area contributed by atoms with E-state index in [1.54, 1.807) is 42.1 Å². The van der Waals surface area contributed by atoms with Crippen molar-refractivity contribution in [2.45, 2.75) is 82.5 Å². The molecule has 2 aromatic heterocycles. The van der Waals surface area contributed by atoms with Crippen LogP contribution in [0.5, 0.6) is 5.75 Å². The predicted molar refractivity (Wildman–Crippen MR) is 211 cm³/mol.